The summed E-state index contributed by atoms with van der Waals surface area (Å²) in [6, 6.07) is 0. The molecule has 0 radical (unpaired) electrons. The molecule has 0 aromatic rings. The van der Waals surface area contributed by atoms with E-state index in [9.17, 15) is 4.39 Å². The summed E-state index contributed by atoms with van der Waals surface area (Å²) in [4.78, 5) is 0. The van der Waals surface area contributed by atoms with Crippen LogP contribution in [0.3, 0.4) is 0 Å². The number of alkyl halides is 1. The molecule has 0 spiro atoms. The molecule has 0 saturated heterocycles. The van der Waals surface area contributed by atoms with Gasteiger partial charge < -0.3 is 4.74 Å². The maximum absolute atomic E-state index is 11.6. The normalized spacial score (nSPS) is 11.2. The van der Waals surface area contributed by atoms with Crippen molar-refractivity contribution in [1.82, 2.24) is 0 Å². The quantitative estimate of drug-likeness (QED) is 0.456. The van der Waals surface area contributed by atoms with E-state index in [0.717, 1.165) is 12.3 Å². The molecule has 0 bridgehead atoms. The standard InChI is InChI=1S/C13H27FO/c1-3-8-13(9-4-2)10-6-5-7-11-15-12-14/h13H,3-12H2,1-2H3. The SMILES string of the molecule is CCCC(CCC)CCCCCOCF. The van der Waals surface area contributed by atoms with E-state index in [0.29, 0.717) is 6.61 Å². The van der Waals surface area contributed by atoms with Crippen LogP contribution in [0, 0.1) is 5.92 Å². The van der Waals surface area contributed by atoms with Gasteiger partial charge in [-0.2, -0.15) is 0 Å². The fourth-order valence-electron chi connectivity index (χ4n) is 2.12. The molecule has 0 atom stereocenters. The van der Waals surface area contributed by atoms with Crippen molar-refractivity contribution in [2.75, 3.05) is 13.5 Å². The van der Waals surface area contributed by atoms with Crippen molar-refractivity contribution in [3.63, 3.8) is 0 Å². The predicted octanol–water partition coefficient (Wildman–Crippen LogP) is 4.71. The molecule has 1 nitrogen and oxygen atoms in total. The highest BCUT2D eigenvalue weighted by Gasteiger charge is 2.05. The lowest BCUT2D eigenvalue weighted by Crippen LogP contribution is -2.00. The van der Waals surface area contributed by atoms with E-state index < -0.39 is 6.86 Å². The highest BCUT2D eigenvalue weighted by atomic mass is 19.1. The van der Waals surface area contributed by atoms with Crippen molar-refractivity contribution in [3.8, 4) is 0 Å². The lowest BCUT2D eigenvalue weighted by Gasteiger charge is -2.14. The van der Waals surface area contributed by atoms with Gasteiger partial charge in [0.25, 0.3) is 0 Å². The van der Waals surface area contributed by atoms with E-state index in [2.05, 4.69) is 18.6 Å². The average molecular weight is 218 g/mol. The Morgan fingerprint density at radius 1 is 0.933 bits per heavy atom. The lowest BCUT2D eigenvalue weighted by molar-refractivity contribution is 0.0553. The Balaban J connectivity index is 3.28. The Hall–Kier alpha value is -0.110. The molecule has 0 N–H and O–H groups in total. The molecule has 2 heteroatoms. The van der Waals surface area contributed by atoms with Crippen LogP contribution in [0.25, 0.3) is 0 Å². The minimum absolute atomic E-state index is 0.586. The topological polar surface area (TPSA) is 9.23 Å². The van der Waals surface area contributed by atoms with Crippen LogP contribution < -0.4 is 0 Å². The van der Waals surface area contributed by atoms with Gasteiger partial charge in [0.05, 0.1) is 0 Å². The minimum Gasteiger partial charge on any atom is -0.350 e. The van der Waals surface area contributed by atoms with Crippen molar-refractivity contribution < 1.29 is 9.13 Å². The number of halogens is 1. The molecule has 0 rings (SSSR count). The first-order chi connectivity index (χ1) is 7.35. The molecule has 15 heavy (non-hydrogen) atoms. The van der Waals surface area contributed by atoms with Gasteiger partial charge in [0.1, 0.15) is 0 Å². The third-order valence-corrected chi connectivity index (χ3v) is 2.87. The summed E-state index contributed by atoms with van der Waals surface area (Å²) < 4.78 is 16.3. The Kier molecular flexibility index (Phi) is 11.9. The highest BCUT2D eigenvalue weighted by Crippen LogP contribution is 2.20. The summed E-state index contributed by atoms with van der Waals surface area (Å²) >= 11 is 0. The Labute approximate surface area is 94.4 Å². The number of hydrogen-bond acceptors (Lipinski definition) is 1. The zero-order valence-corrected chi connectivity index (χ0v) is 10.4. The van der Waals surface area contributed by atoms with Crippen LogP contribution >= 0.6 is 0 Å². The van der Waals surface area contributed by atoms with Crippen LogP contribution in [0.4, 0.5) is 4.39 Å². The van der Waals surface area contributed by atoms with Gasteiger partial charge in [0.15, 0.2) is 6.86 Å². The van der Waals surface area contributed by atoms with Gasteiger partial charge in [-0.3, -0.25) is 0 Å². The Morgan fingerprint density at radius 2 is 1.60 bits per heavy atom. The maximum Gasteiger partial charge on any atom is 0.188 e. The molecule has 0 saturated carbocycles. The van der Waals surface area contributed by atoms with E-state index >= 15 is 0 Å². The van der Waals surface area contributed by atoms with Gasteiger partial charge in [-0.25, -0.2) is 4.39 Å². The highest BCUT2D eigenvalue weighted by molar-refractivity contribution is 4.58. The third kappa shape index (κ3) is 10.2. The first-order valence-corrected chi connectivity index (χ1v) is 6.48. The van der Waals surface area contributed by atoms with Crippen molar-refractivity contribution >= 4 is 0 Å². The summed E-state index contributed by atoms with van der Waals surface area (Å²) in [6.07, 6.45) is 10.2. The Morgan fingerprint density at radius 3 is 2.13 bits per heavy atom. The molecule has 92 valence electrons. The van der Waals surface area contributed by atoms with E-state index in [4.69, 9.17) is 0 Å². The van der Waals surface area contributed by atoms with Crippen molar-refractivity contribution in [2.45, 2.75) is 65.2 Å². The predicted molar refractivity (Wildman–Crippen MR) is 63.7 cm³/mol. The number of unbranched alkanes of at least 4 members (excludes halogenated alkanes) is 2. The van der Waals surface area contributed by atoms with Crippen molar-refractivity contribution in [3.05, 3.63) is 0 Å². The molecule has 0 unspecified atom stereocenters. The molecule has 0 fully saturated rings. The van der Waals surface area contributed by atoms with E-state index in [1.165, 1.54) is 44.9 Å². The average Bonchev–Trinajstić information content (AvgIpc) is 2.24. The smallest absolute Gasteiger partial charge is 0.188 e. The van der Waals surface area contributed by atoms with Gasteiger partial charge >= 0.3 is 0 Å². The van der Waals surface area contributed by atoms with E-state index in [-0.39, 0.29) is 0 Å². The monoisotopic (exact) mass is 218 g/mol. The molecule has 0 heterocycles. The zero-order chi connectivity index (χ0) is 11.4. The zero-order valence-electron chi connectivity index (χ0n) is 10.4. The summed E-state index contributed by atoms with van der Waals surface area (Å²) in [5, 5.41) is 0. The fraction of sp³-hybridized carbons (Fsp3) is 1.00. The largest absolute Gasteiger partial charge is 0.350 e. The number of ether oxygens (including phenoxy) is 1. The first kappa shape index (κ1) is 14.9. The molecule has 0 aliphatic heterocycles. The lowest BCUT2D eigenvalue weighted by atomic mass is 9.92. The van der Waals surface area contributed by atoms with Gasteiger partial charge in [-0.1, -0.05) is 58.8 Å². The summed E-state index contributed by atoms with van der Waals surface area (Å²) in [5.41, 5.74) is 0. The molecule has 0 amide bonds. The van der Waals surface area contributed by atoms with Gasteiger partial charge in [0, 0.05) is 6.61 Å². The van der Waals surface area contributed by atoms with Gasteiger partial charge in [-0.15, -0.1) is 0 Å². The minimum atomic E-state index is -0.631. The number of rotatable bonds is 11. The number of hydrogen-bond donors (Lipinski definition) is 0. The van der Waals surface area contributed by atoms with Crippen LogP contribution in [0.2, 0.25) is 0 Å². The Bertz CT molecular complexity index is 111. The second-order valence-corrected chi connectivity index (χ2v) is 4.31. The van der Waals surface area contributed by atoms with Crippen LogP contribution in [0.1, 0.15) is 65.2 Å². The van der Waals surface area contributed by atoms with Crippen LogP contribution in [0.15, 0.2) is 0 Å². The van der Waals surface area contributed by atoms with E-state index in [1.807, 2.05) is 0 Å². The second kappa shape index (κ2) is 12.0. The molecule has 0 aromatic carbocycles. The van der Waals surface area contributed by atoms with Gasteiger partial charge in [0.2, 0.25) is 0 Å². The van der Waals surface area contributed by atoms with Crippen LogP contribution in [0.5, 0.6) is 0 Å². The summed E-state index contributed by atoms with van der Waals surface area (Å²) in [7, 11) is 0. The first-order valence-electron chi connectivity index (χ1n) is 6.48. The van der Waals surface area contributed by atoms with Crippen molar-refractivity contribution in [1.29, 1.82) is 0 Å². The van der Waals surface area contributed by atoms with E-state index in [1.54, 1.807) is 0 Å². The molecule has 0 aliphatic rings. The van der Waals surface area contributed by atoms with Gasteiger partial charge in [-0.05, 0) is 12.3 Å². The third-order valence-electron chi connectivity index (χ3n) is 2.87. The van der Waals surface area contributed by atoms with Crippen LogP contribution in [-0.4, -0.2) is 13.5 Å². The molecule has 0 aromatic heterocycles. The molecular formula is C13H27FO. The van der Waals surface area contributed by atoms with Crippen molar-refractivity contribution in [2.24, 2.45) is 5.92 Å². The molecule has 0 aliphatic carbocycles. The second-order valence-electron chi connectivity index (χ2n) is 4.31. The maximum atomic E-state index is 11.6. The summed E-state index contributed by atoms with van der Waals surface area (Å²) in [6.45, 7) is 4.48. The van der Waals surface area contributed by atoms with Crippen LogP contribution in [-0.2, 0) is 4.74 Å². The summed E-state index contributed by atoms with van der Waals surface area (Å²) in [5.74, 6) is 0.919. The molecular weight excluding hydrogens is 191 g/mol. The fourth-order valence-corrected chi connectivity index (χ4v) is 2.12.